The Bertz CT molecular complexity index is 5950. The number of carbonyl (C=O) groups is 5. The second-order valence-corrected chi connectivity index (χ2v) is 37.5. The summed E-state index contributed by atoms with van der Waals surface area (Å²) in [6.45, 7) is 49.1. The molecule has 0 spiro atoms. The summed E-state index contributed by atoms with van der Waals surface area (Å²) < 4.78 is 72.5. The van der Waals surface area contributed by atoms with E-state index in [2.05, 4.69) is 194 Å². The lowest BCUT2D eigenvalue weighted by molar-refractivity contribution is -0.129. The number of piperazine rings is 1. The highest BCUT2D eigenvalue weighted by Gasteiger charge is 2.41. The van der Waals surface area contributed by atoms with E-state index in [9.17, 15) is 29.1 Å². The highest BCUT2D eigenvalue weighted by atomic mass is 32.1. The number of hydrogen-bond donors (Lipinski definition) is 12. The van der Waals surface area contributed by atoms with Crippen LogP contribution in [0.4, 0.5) is 86.3 Å². The van der Waals surface area contributed by atoms with E-state index in [1.54, 1.807) is 53.4 Å². The minimum absolute atomic E-state index is 0.0138. The molecule has 0 radical (unpaired) electrons. The third-order valence-electron chi connectivity index (χ3n) is 27.0. The number of rotatable bonds is 25. The summed E-state index contributed by atoms with van der Waals surface area (Å²) in [5.74, 6) is -1.11. The molecule has 12 N–H and O–H groups in total. The Morgan fingerprint density at radius 3 is 1.43 bits per heavy atom. The molecule has 7 saturated heterocycles. The van der Waals surface area contributed by atoms with Crippen LogP contribution in [-0.2, 0) is 42.8 Å². The van der Waals surface area contributed by atoms with Crippen molar-refractivity contribution in [1.82, 2.24) is 89.8 Å². The molecule has 136 heavy (non-hydrogen) atoms. The maximum absolute atomic E-state index is 15.5. The number of hydrogen-bond acceptors (Lipinski definition) is 29. The molecular weight excluding hydrogens is 1760 g/mol. The molecule has 19 heterocycles. The van der Waals surface area contributed by atoms with Gasteiger partial charge < -0.3 is 97.7 Å². The molecule has 34 nitrogen and oxygen atoms in total. The zero-order valence-electron chi connectivity index (χ0n) is 77.6. The number of nitrogens with zero attached hydrogens (tertiary/aromatic N) is 16. The first-order valence-corrected chi connectivity index (χ1v) is 47.1. The predicted octanol–water partition coefficient (Wildman–Crippen LogP) is 12.3. The molecule has 8 aromatic rings. The smallest absolute Gasteiger partial charge is 0.255 e. The van der Waals surface area contributed by atoms with Crippen molar-refractivity contribution in [3.05, 3.63) is 216 Å². The lowest BCUT2D eigenvalue weighted by Gasteiger charge is -2.46. The molecule has 0 aliphatic carbocycles. The number of carbonyl (C=O) groups excluding carboxylic acids is 5. The van der Waals surface area contributed by atoms with Crippen LogP contribution in [0.2, 0.25) is 0 Å². The van der Waals surface area contributed by atoms with Gasteiger partial charge in [-0.1, -0.05) is 59.9 Å². The summed E-state index contributed by atoms with van der Waals surface area (Å²) in [5, 5.41) is 48.4. The van der Waals surface area contributed by atoms with Gasteiger partial charge in [-0.25, -0.2) is 47.5 Å². The molecule has 0 saturated carbocycles. The number of anilines is 12. The fourth-order valence-corrected chi connectivity index (χ4v) is 19.9. The van der Waals surface area contributed by atoms with Crippen LogP contribution in [-0.4, -0.2) is 243 Å². The maximum atomic E-state index is 15.5. The maximum Gasteiger partial charge on any atom is 0.255 e. The first kappa shape index (κ1) is 95.6. The average Bonchev–Trinajstić information content (AvgIpc) is 1.59. The average molecular weight is 1880 g/mol. The minimum atomic E-state index is -0.537. The van der Waals surface area contributed by atoms with Crippen molar-refractivity contribution in [2.75, 3.05) is 139 Å². The molecule has 8 aromatic heterocycles. The Balaban J connectivity index is 0.000000133. The number of allylic oxidation sites excluding steroid dienone is 3. The van der Waals surface area contributed by atoms with Crippen LogP contribution in [0, 0.1) is 35.6 Å². The van der Waals surface area contributed by atoms with Crippen LogP contribution in [0.1, 0.15) is 155 Å². The van der Waals surface area contributed by atoms with Crippen LogP contribution in [0.25, 0.3) is 11.3 Å². The Hall–Kier alpha value is -13.5. The van der Waals surface area contributed by atoms with Gasteiger partial charge >= 0.3 is 0 Å². The molecule has 5 amide bonds. The molecule has 718 valence electrons. The number of amides is 5. The number of ether oxygens (including phenoxy) is 1. The Labute approximate surface area is 792 Å². The van der Waals surface area contributed by atoms with E-state index in [1.165, 1.54) is 17.6 Å². The van der Waals surface area contributed by atoms with Crippen LogP contribution in [0.5, 0.6) is 0 Å². The summed E-state index contributed by atoms with van der Waals surface area (Å²) >= 11 is 1.27. The van der Waals surface area contributed by atoms with Crippen molar-refractivity contribution in [3.8, 4) is 11.3 Å². The summed E-state index contributed by atoms with van der Waals surface area (Å²) in [4.78, 5) is 104. The number of pyridine rings is 6. The number of aliphatic hydroxyl groups is 1. The van der Waals surface area contributed by atoms with Crippen molar-refractivity contribution in [3.63, 3.8) is 0 Å². The number of aromatic nitrogens is 9. The first-order valence-electron chi connectivity index (χ1n) is 46.3. The second kappa shape index (κ2) is 41.4. The Kier molecular flexibility index (Phi) is 29.1. The van der Waals surface area contributed by atoms with Gasteiger partial charge in [-0.3, -0.25) is 33.6 Å². The Morgan fingerprint density at radius 2 is 1.01 bits per heavy atom. The third kappa shape index (κ3) is 20.8. The minimum Gasteiger partial charge on any atom is -0.392 e. The van der Waals surface area contributed by atoms with Crippen LogP contribution in [0.3, 0.4) is 0 Å². The van der Waals surface area contributed by atoms with E-state index in [-0.39, 0.29) is 149 Å². The van der Waals surface area contributed by atoms with Crippen LogP contribution in [0.15, 0.2) is 143 Å². The van der Waals surface area contributed by atoms with Gasteiger partial charge in [-0.05, 0) is 145 Å². The summed E-state index contributed by atoms with van der Waals surface area (Å²) in [7, 11) is 1.77. The zero-order valence-corrected chi connectivity index (χ0v) is 78.5. The second-order valence-electron chi connectivity index (χ2n) is 36.7. The van der Waals surface area contributed by atoms with Crippen molar-refractivity contribution in [2.45, 2.75) is 167 Å². The quantitative estimate of drug-likeness (QED) is 0.0144. The molecular formula is C97H119F4N27O7S. The van der Waals surface area contributed by atoms with E-state index in [1.807, 2.05) is 50.4 Å². The van der Waals surface area contributed by atoms with Crippen molar-refractivity contribution in [1.29, 1.82) is 0 Å². The lowest BCUT2D eigenvalue weighted by Crippen LogP contribution is -2.59. The van der Waals surface area contributed by atoms with Gasteiger partial charge in [0.25, 0.3) is 23.6 Å². The van der Waals surface area contributed by atoms with Crippen LogP contribution < -0.4 is 68.3 Å². The van der Waals surface area contributed by atoms with Crippen molar-refractivity contribution < 1.29 is 51.4 Å². The molecule has 7 fully saturated rings. The van der Waals surface area contributed by atoms with Gasteiger partial charge in [-0.2, -0.15) is 9.47 Å². The zero-order chi connectivity index (χ0) is 96.1. The van der Waals surface area contributed by atoms with Gasteiger partial charge in [0.1, 0.15) is 34.1 Å². The highest BCUT2D eigenvalue weighted by Crippen LogP contribution is 2.41. The molecule has 11 aliphatic rings. The van der Waals surface area contributed by atoms with Gasteiger partial charge in [0.05, 0.1) is 89.0 Å². The van der Waals surface area contributed by atoms with Crippen LogP contribution >= 0.6 is 11.5 Å². The highest BCUT2D eigenvalue weighted by molar-refractivity contribution is 7.10. The number of aryl methyl sites for hydroxylation is 2. The lowest BCUT2D eigenvalue weighted by atomic mass is 9.81. The summed E-state index contributed by atoms with van der Waals surface area (Å²) in [6, 6.07) is 10.1. The van der Waals surface area contributed by atoms with Crippen molar-refractivity contribution >= 4 is 110 Å². The Morgan fingerprint density at radius 1 is 0.551 bits per heavy atom. The SMILES string of the molecule is C=CC(=C)N1CCCC(Nc2nc(Nc3cc(C)ns3)c3c(c2F)CNC3=O)C1.C=CC(=C)N1CCCC(Nc2nc(Nc3ccc(N4CCC(O)C(C)(C)C4)cn3)c3c(c2F)CNC3=O)C1.C=CC(=C)N1CCCC(Nc2nc(Nc3ccc(N4CCN(C5COC5)CC4C)cn3)c3c(c2F)CNC3=O)C1.C=CC(=O)N1CCCC(Nc2nc(-c3cnn(C)c3)c3c(c2F)CNC3=O)C1C. The molecule has 0 aromatic carbocycles. The first-order chi connectivity index (χ1) is 65.4. The normalized spacial score (nSPS) is 21.5. The number of piperidine rings is 5. The number of aliphatic hydroxyl groups excluding tert-OH is 1. The van der Waals surface area contributed by atoms with Gasteiger partial charge in [0, 0.05) is 205 Å². The van der Waals surface area contributed by atoms with E-state index in [0.29, 0.717) is 101 Å². The largest absolute Gasteiger partial charge is 0.392 e. The standard InChI is InChI=1S/C29H37FN8O2.C28H36FN7O2.C20H23FN6O2.C20H23FN6OS/c1-4-18(2)36-9-5-6-20(15-36)33-28-26(30)23-13-32-29(39)25(23)27(35-28)34-24-8-7-21(12-31-24)38-11-10-37(14-19(38)3)22-16-40-17-22;1-5-17(2)35-11-6-7-18(15-35)32-26-24(29)20-14-31-27(38)23(20)25(34-26)33-22-9-8-19(13-30-22)36-12-10-21(37)28(3,4)16-36;1-4-15(28)27-7-5-6-14(11(27)2)24-19-17(21)13-9-22-20(29)16(13)18(25-19)12-8-23-26(3)10-12;1-4-12(3)27-7-5-6-13(10-27)23-19-17(21)14-9-22-20(28)16(14)18(25-19)24-15-8-11(2)26-29-15/h4,7-8,12,19-20,22H,1-2,5-6,9-11,13-17H2,3H3,(H,32,39)(H2,31,33,34,35);5,8-9,13,18,21,37H,1-2,6-7,10-12,14-16H2,3-4H3,(H,31,38)(H2,30,32,33,34);4,8,10-11,14H,1,5-7,9H2,2-3H3,(H,22,29)(H,24,25);4,8,13H,1,3,5-7,9-10H2,2H3,(H,22,28)(H2,23,24,25). The molecule has 7 atom stereocenters. The third-order valence-corrected chi connectivity index (χ3v) is 27.8. The molecule has 39 heteroatoms. The topological polar surface area (TPSA) is 378 Å². The molecule has 19 rings (SSSR count). The van der Waals surface area contributed by atoms with E-state index in [4.69, 9.17) is 4.74 Å². The summed E-state index contributed by atoms with van der Waals surface area (Å²) in [6.07, 6.45) is 20.9. The fraction of sp³-hybridized carbons (Fsp3) is 0.433. The number of fused-ring (bicyclic) bond motifs is 4. The predicted molar refractivity (Wildman–Crippen MR) is 519 cm³/mol. The summed E-state index contributed by atoms with van der Waals surface area (Å²) in [5.41, 5.74) is 8.42. The van der Waals surface area contributed by atoms with E-state index in [0.717, 1.165) is 156 Å². The number of halogens is 4. The number of likely N-dealkylation sites (tertiary alicyclic amines) is 4. The number of nitrogens with one attached hydrogen (secondary N) is 11. The molecule has 11 aliphatic heterocycles. The van der Waals surface area contributed by atoms with E-state index < -0.39 is 23.3 Å². The van der Waals surface area contributed by atoms with Crippen molar-refractivity contribution in [2.24, 2.45) is 12.5 Å². The molecule has 7 unspecified atom stereocenters. The fourth-order valence-electron chi connectivity index (χ4n) is 19.3. The van der Waals surface area contributed by atoms with Gasteiger partial charge in [0.2, 0.25) is 5.91 Å². The molecule has 0 bridgehead atoms. The van der Waals surface area contributed by atoms with Gasteiger partial charge in [0.15, 0.2) is 46.5 Å². The monoisotopic (exact) mass is 1880 g/mol. The van der Waals surface area contributed by atoms with E-state index >= 15 is 17.6 Å². The van der Waals surface area contributed by atoms with Gasteiger partial charge in [-0.15, -0.1) is 0 Å².